The van der Waals surface area contributed by atoms with E-state index in [1.807, 2.05) is 0 Å². The monoisotopic (exact) mass is 427 g/mol. The maximum absolute atomic E-state index is 13.9. The van der Waals surface area contributed by atoms with Gasteiger partial charge in [-0.05, 0) is 48.0 Å². The summed E-state index contributed by atoms with van der Waals surface area (Å²) < 4.78 is 24.9. The summed E-state index contributed by atoms with van der Waals surface area (Å²) in [5.74, 6) is -0.0295. The highest BCUT2D eigenvalue weighted by Gasteiger charge is 2.11. The van der Waals surface area contributed by atoms with Crippen molar-refractivity contribution in [3.63, 3.8) is 0 Å². The number of hydrazone groups is 1. The number of amides is 1. The molecule has 1 amide bonds. The minimum absolute atomic E-state index is 0.0517. The number of hydrogen-bond acceptors (Lipinski definition) is 5. The number of para-hydroxylation sites is 1. The van der Waals surface area contributed by atoms with E-state index in [4.69, 9.17) is 26.8 Å². The first-order chi connectivity index (χ1) is 14.5. The van der Waals surface area contributed by atoms with Gasteiger partial charge in [0.1, 0.15) is 12.4 Å². The van der Waals surface area contributed by atoms with Gasteiger partial charge in [0, 0.05) is 11.3 Å². The number of carbonyl (C=O) groups excluding carboxylic acids is 1. The van der Waals surface area contributed by atoms with Gasteiger partial charge in [0.15, 0.2) is 11.5 Å². The van der Waals surface area contributed by atoms with Gasteiger partial charge in [-0.1, -0.05) is 29.8 Å². The Hall–Kier alpha value is -3.58. The molecule has 30 heavy (non-hydrogen) atoms. The number of anilines is 1. The molecule has 0 radical (unpaired) electrons. The lowest BCUT2D eigenvalue weighted by molar-refractivity contribution is 0.0956. The van der Waals surface area contributed by atoms with Crippen molar-refractivity contribution in [3.05, 3.63) is 88.2 Å². The number of benzene rings is 3. The quantitative estimate of drug-likeness (QED) is 0.332. The molecule has 0 heterocycles. The van der Waals surface area contributed by atoms with Gasteiger partial charge in [-0.15, -0.1) is 0 Å². The van der Waals surface area contributed by atoms with Crippen molar-refractivity contribution in [2.45, 2.75) is 6.61 Å². The molecule has 0 atom stereocenters. The number of halogens is 2. The van der Waals surface area contributed by atoms with Crippen molar-refractivity contribution in [3.8, 4) is 11.5 Å². The second-order valence-electron chi connectivity index (χ2n) is 6.19. The summed E-state index contributed by atoms with van der Waals surface area (Å²) in [5, 5.41) is 4.22. The Bertz CT molecular complexity index is 1070. The molecule has 0 aliphatic heterocycles. The van der Waals surface area contributed by atoms with Gasteiger partial charge < -0.3 is 15.2 Å². The number of rotatable bonds is 7. The molecule has 0 saturated heterocycles. The molecule has 0 spiro atoms. The Labute approximate surface area is 178 Å². The third-order valence-electron chi connectivity index (χ3n) is 4.21. The average molecular weight is 428 g/mol. The maximum Gasteiger partial charge on any atom is 0.273 e. The topological polar surface area (TPSA) is 85.9 Å². The van der Waals surface area contributed by atoms with Crippen molar-refractivity contribution in [1.29, 1.82) is 0 Å². The second kappa shape index (κ2) is 9.76. The van der Waals surface area contributed by atoms with Gasteiger partial charge in [0.25, 0.3) is 5.91 Å². The standard InChI is InChI=1S/C22H19ClFN3O3/c1-29-21-11-14(12-26-27-22(28)15-5-2-3-8-19(15)25)9-10-20(21)30-13-16-17(23)6-4-7-18(16)24/h2-12H,13,25H2,1H3,(H,27,28)/b26-12+. The number of ether oxygens (including phenoxy) is 2. The van der Waals surface area contributed by atoms with Crippen LogP contribution in [-0.2, 0) is 6.61 Å². The van der Waals surface area contributed by atoms with Crippen LogP contribution < -0.4 is 20.6 Å². The number of methoxy groups -OCH3 is 1. The SMILES string of the molecule is COc1cc(/C=N/NC(=O)c2ccccc2N)ccc1OCc1c(F)cccc1Cl. The fraction of sp³-hybridized carbons (Fsp3) is 0.0909. The van der Waals surface area contributed by atoms with Gasteiger partial charge in [0.2, 0.25) is 0 Å². The number of hydrogen-bond donors (Lipinski definition) is 2. The molecule has 0 unspecified atom stereocenters. The number of nitrogens with zero attached hydrogens (tertiary/aromatic N) is 1. The Balaban J connectivity index is 1.67. The van der Waals surface area contributed by atoms with Crippen LogP contribution in [0.4, 0.5) is 10.1 Å². The molecule has 6 nitrogen and oxygen atoms in total. The third kappa shape index (κ3) is 5.07. The predicted molar refractivity (Wildman–Crippen MR) is 115 cm³/mol. The summed E-state index contributed by atoms with van der Waals surface area (Å²) in [7, 11) is 1.49. The normalized spacial score (nSPS) is 10.8. The smallest absolute Gasteiger partial charge is 0.273 e. The third-order valence-corrected chi connectivity index (χ3v) is 4.56. The van der Waals surface area contributed by atoms with E-state index in [9.17, 15) is 9.18 Å². The Morgan fingerprint density at radius 2 is 1.97 bits per heavy atom. The van der Waals surface area contributed by atoms with Gasteiger partial charge in [-0.25, -0.2) is 9.82 Å². The summed E-state index contributed by atoms with van der Waals surface area (Å²) in [6.07, 6.45) is 1.46. The van der Waals surface area contributed by atoms with Crippen LogP contribution in [0.5, 0.6) is 11.5 Å². The highest BCUT2D eigenvalue weighted by atomic mass is 35.5. The summed E-state index contributed by atoms with van der Waals surface area (Å²) in [5.41, 5.74) is 9.81. The van der Waals surface area contributed by atoms with Crippen LogP contribution in [0.25, 0.3) is 0 Å². The van der Waals surface area contributed by atoms with Gasteiger partial charge in [-0.3, -0.25) is 4.79 Å². The van der Waals surface area contributed by atoms with Crippen molar-refractivity contribution in [2.75, 3.05) is 12.8 Å². The van der Waals surface area contributed by atoms with Crippen molar-refractivity contribution in [1.82, 2.24) is 5.43 Å². The summed E-state index contributed by atoms with van der Waals surface area (Å²) in [6, 6.07) is 16.2. The molecule has 8 heteroatoms. The van der Waals surface area contributed by atoms with E-state index in [0.29, 0.717) is 28.3 Å². The first-order valence-corrected chi connectivity index (χ1v) is 9.29. The molecule has 3 aromatic carbocycles. The Kier molecular flexibility index (Phi) is 6.87. The number of nitrogens with two attached hydrogens (primary N) is 1. The number of nitrogen functional groups attached to an aromatic ring is 1. The second-order valence-corrected chi connectivity index (χ2v) is 6.59. The highest BCUT2D eigenvalue weighted by Crippen LogP contribution is 2.29. The van der Waals surface area contributed by atoms with Crippen LogP contribution in [0.3, 0.4) is 0 Å². The lowest BCUT2D eigenvalue weighted by atomic mass is 10.2. The largest absolute Gasteiger partial charge is 0.493 e. The summed E-state index contributed by atoms with van der Waals surface area (Å²) in [4.78, 5) is 12.1. The average Bonchev–Trinajstić information content (AvgIpc) is 2.74. The number of nitrogens with one attached hydrogen (secondary N) is 1. The van der Waals surface area contributed by atoms with Crippen LogP contribution in [0.2, 0.25) is 5.02 Å². The zero-order valence-electron chi connectivity index (χ0n) is 16.1. The molecule has 0 aliphatic rings. The Morgan fingerprint density at radius 3 is 2.70 bits per heavy atom. The van der Waals surface area contributed by atoms with Gasteiger partial charge in [0.05, 0.1) is 23.9 Å². The van der Waals surface area contributed by atoms with E-state index < -0.39 is 11.7 Å². The first-order valence-electron chi connectivity index (χ1n) is 8.91. The molecule has 154 valence electrons. The summed E-state index contributed by atoms with van der Waals surface area (Å²) in [6.45, 7) is -0.0517. The maximum atomic E-state index is 13.9. The van der Waals surface area contributed by atoms with Crippen molar-refractivity contribution in [2.24, 2.45) is 5.10 Å². The molecule has 0 aliphatic carbocycles. The highest BCUT2D eigenvalue weighted by molar-refractivity contribution is 6.31. The van der Waals surface area contributed by atoms with E-state index in [1.165, 1.54) is 25.5 Å². The van der Waals surface area contributed by atoms with E-state index >= 15 is 0 Å². The molecule has 0 fully saturated rings. The molecule has 3 rings (SSSR count). The molecule has 0 saturated carbocycles. The molecular weight excluding hydrogens is 409 g/mol. The Morgan fingerprint density at radius 1 is 1.17 bits per heavy atom. The molecule has 3 aromatic rings. The minimum Gasteiger partial charge on any atom is -0.493 e. The molecule has 3 N–H and O–H groups in total. The van der Waals surface area contributed by atoms with E-state index in [1.54, 1.807) is 48.5 Å². The van der Waals surface area contributed by atoms with Crippen molar-refractivity contribution < 1.29 is 18.7 Å². The fourth-order valence-electron chi connectivity index (χ4n) is 2.63. The van der Waals surface area contributed by atoms with Crippen LogP contribution in [0.1, 0.15) is 21.5 Å². The van der Waals surface area contributed by atoms with Gasteiger partial charge in [-0.2, -0.15) is 5.10 Å². The lowest BCUT2D eigenvalue weighted by Crippen LogP contribution is -2.19. The first kappa shape index (κ1) is 21.1. The molecule has 0 aromatic heterocycles. The number of carbonyl (C=O) groups is 1. The minimum atomic E-state index is -0.444. The van der Waals surface area contributed by atoms with Crippen LogP contribution in [-0.4, -0.2) is 19.2 Å². The van der Waals surface area contributed by atoms with Crippen molar-refractivity contribution >= 4 is 29.4 Å². The predicted octanol–water partition coefficient (Wildman–Crippen LogP) is 4.41. The molecular formula is C22H19ClFN3O3. The van der Waals surface area contributed by atoms with E-state index in [-0.39, 0.29) is 17.2 Å². The lowest BCUT2D eigenvalue weighted by Gasteiger charge is -2.12. The van der Waals surface area contributed by atoms with E-state index in [2.05, 4.69) is 10.5 Å². The zero-order valence-corrected chi connectivity index (χ0v) is 16.8. The molecule has 0 bridgehead atoms. The van der Waals surface area contributed by atoms with E-state index in [0.717, 1.165) is 0 Å². The van der Waals surface area contributed by atoms with Gasteiger partial charge >= 0.3 is 0 Å². The van der Waals surface area contributed by atoms with Crippen LogP contribution >= 0.6 is 11.6 Å². The van der Waals surface area contributed by atoms with Crippen LogP contribution in [0.15, 0.2) is 65.8 Å². The summed E-state index contributed by atoms with van der Waals surface area (Å²) >= 11 is 6.02. The van der Waals surface area contributed by atoms with Crippen LogP contribution in [0, 0.1) is 5.82 Å². The fourth-order valence-corrected chi connectivity index (χ4v) is 2.85. The zero-order chi connectivity index (χ0) is 21.5.